The van der Waals surface area contributed by atoms with Crippen LogP contribution in [-0.4, -0.2) is 49.5 Å². The predicted octanol–water partition coefficient (Wildman–Crippen LogP) is 4.51. The minimum atomic E-state index is -3.80. The number of halogens is 2. The Labute approximate surface area is 215 Å². The zero-order valence-electron chi connectivity index (χ0n) is 20.2. The molecule has 1 N–H and O–H groups in total. The highest BCUT2D eigenvalue weighted by molar-refractivity contribution is 9.10. The van der Waals surface area contributed by atoms with Crippen molar-refractivity contribution in [3.05, 3.63) is 63.1 Å². The molecule has 0 aliphatic heterocycles. The van der Waals surface area contributed by atoms with Crippen molar-refractivity contribution in [1.29, 1.82) is 0 Å². The summed E-state index contributed by atoms with van der Waals surface area (Å²) in [5, 5.41) is 3.36. The molecule has 1 unspecified atom stereocenters. The third-order valence-corrected chi connectivity index (χ3v) is 6.93. The van der Waals surface area contributed by atoms with Gasteiger partial charge in [-0.2, -0.15) is 0 Å². The monoisotopic (exact) mass is 571 g/mol. The lowest BCUT2D eigenvalue weighted by atomic mass is 10.1. The Hall–Kier alpha value is -2.10. The van der Waals surface area contributed by atoms with Gasteiger partial charge < -0.3 is 10.2 Å². The van der Waals surface area contributed by atoms with Crippen molar-refractivity contribution in [2.24, 2.45) is 0 Å². The molecule has 0 spiro atoms. The zero-order chi connectivity index (χ0) is 25.8. The van der Waals surface area contributed by atoms with Gasteiger partial charge in [0, 0.05) is 21.6 Å². The molecule has 186 valence electrons. The van der Waals surface area contributed by atoms with Crippen LogP contribution in [0, 0.1) is 6.92 Å². The van der Waals surface area contributed by atoms with E-state index in [1.165, 1.54) is 4.90 Å². The minimum absolute atomic E-state index is 0.141. The van der Waals surface area contributed by atoms with E-state index in [1.807, 2.05) is 45.0 Å². The molecule has 0 radical (unpaired) electrons. The van der Waals surface area contributed by atoms with E-state index >= 15 is 0 Å². The second kappa shape index (κ2) is 11.1. The van der Waals surface area contributed by atoms with Crippen LogP contribution in [0.5, 0.6) is 0 Å². The molecule has 1 atom stereocenters. The lowest BCUT2D eigenvalue weighted by molar-refractivity contribution is -0.140. The van der Waals surface area contributed by atoms with Gasteiger partial charge in [0.25, 0.3) is 0 Å². The Morgan fingerprint density at radius 2 is 1.71 bits per heavy atom. The van der Waals surface area contributed by atoms with E-state index in [-0.39, 0.29) is 12.5 Å². The third kappa shape index (κ3) is 7.99. The summed E-state index contributed by atoms with van der Waals surface area (Å²) in [7, 11) is -3.80. The summed E-state index contributed by atoms with van der Waals surface area (Å²) in [4.78, 5) is 27.9. The first-order valence-electron chi connectivity index (χ1n) is 10.7. The summed E-state index contributed by atoms with van der Waals surface area (Å²) in [6.45, 7) is 8.61. The van der Waals surface area contributed by atoms with Crippen LogP contribution >= 0.6 is 27.5 Å². The van der Waals surface area contributed by atoms with Crippen molar-refractivity contribution < 1.29 is 18.0 Å². The molecular weight excluding hydrogens is 542 g/mol. The van der Waals surface area contributed by atoms with Gasteiger partial charge in [-0.15, -0.1) is 0 Å². The maximum absolute atomic E-state index is 13.5. The van der Waals surface area contributed by atoms with E-state index in [1.54, 1.807) is 32.0 Å². The maximum atomic E-state index is 13.5. The highest BCUT2D eigenvalue weighted by atomic mass is 79.9. The number of sulfonamides is 1. The average molecular weight is 573 g/mol. The normalized spacial score (nSPS) is 12.7. The van der Waals surface area contributed by atoms with Crippen LogP contribution < -0.4 is 9.62 Å². The van der Waals surface area contributed by atoms with Crippen LogP contribution in [0.25, 0.3) is 0 Å². The van der Waals surface area contributed by atoms with Gasteiger partial charge in [0.05, 0.1) is 11.9 Å². The second-order valence-electron chi connectivity index (χ2n) is 9.26. The number of hydrogen-bond acceptors (Lipinski definition) is 4. The Bertz CT molecular complexity index is 1150. The molecule has 0 bridgehead atoms. The molecule has 0 aromatic heterocycles. The molecule has 0 saturated heterocycles. The molecule has 10 heteroatoms. The number of carbonyl (C=O) groups is 2. The molecule has 0 aliphatic rings. The fourth-order valence-corrected chi connectivity index (χ4v) is 4.73. The number of hydrogen-bond donors (Lipinski definition) is 1. The van der Waals surface area contributed by atoms with Crippen molar-refractivity contribution in [3.63, 3.8) is 0 Å². The fraction of sp³-hybridized carbons (Fsp3) is 0.417. The van der Waals surface area contributed by atoms with Gasteiger partial charge >= 0.3 is 0 Å². The van der Waals surface area contributed by atoms with Gasteiger partial charge in [0.1, 0.15) is 12.6 Å². The molecule has 0 saturated carbocycles. The number of aryl methyl sites for hydroxylation is 1. The van der Waals surface area contributed by atoms with Gasteiger partial charge in [0.15, 0.2) is 0 Å². The van der Waals surface area contributed by atoms with Crippen molar-refractivity contribution in [2.75, 3.05) is 17.1 Å². The topological polar surface area (TPSA) is 86.8 Å². The summed E-state index contributed by atoms with van der Waals surface area (Å²) >= 11 is 9.42. The van der Waals surface area contributed by atoms with Crippen LogP contribution in [-0.2, 0) is 26.2 Å². The molecule has 0 heterocycles. The van der Waals surface area contributed by atoms with Crippen LogP contribution in [0.15, 0.2) is 46.9 Å². The van der Waals surface area contributed by atoms with Crippen molar-refractivity contribution in [1.82, 2.24) is 10.2 Å². The third-order valence-electron chi connectivity index (χ3n) is 5.04. The first kappa shape index (κ1) is 28.1. The molecule has 7 nitrogen and oxygen atoms in total. The van der Waals surface area contributed by atoms with Crippen LogP contribution in [0.4, 0.5) is 5.69 Å². The van der Waals surface area contributed by atoms with Crippen molar-refractivity contribution in [2.45, 2.75) is 52.7 Å². The minimum Gasteiger partial charge on any atom is -0.350 e. The summed E-state index contributed by atoms with van der Waals surface area (Å²) < 4.78 is 27.2. The van der Waals surface area contributed by atoms with Gasteiger partial charge in [-0.3, -0.25) is 13.9 Å². The Kier molecular flexibility index (Phi) is 9.18. The van der Waals surface area contributed by atoms with Crippen LogP contribution in [0.2, 0.25) is 5.02 Å². The molecule has 34 heavy (non-hydrogen) atoms. The standard InChI is InChI=1S/C24H31BrClN3O4S/c1-16-13-20(26)11-12-21(16)29(34(6,32)33)15-22(30)28(14-18-7-9-19(25)10-8-18)17(2)23(31)27-24(3,4)5/h7-13,17H,14-15H2,1-6H3,(H,27,31). The van der Waals surface area contributed by atoms with Crippen LogP contribution in [0.3, 0.4) is 0 Å². The number of carbonyl (C=O) groups excluding carboxylic acids is 2. The summed E-state index contributed by atoms with van der Waals surface area (Å²) in [6.07, 6.45) is 1.04. The van der Waals surface area contributed by atoms with Gasteiger partial charge in [-0.1, -0.05) is 39.7 Å². The van der Waals surface area contributed by atoms with Gasteiger partial charge in [-0.25, -0.2) is 8.42 Å². The molecule has 2 aromatic carbocycles. The summed E-state index contributed by atoms with van der Waals surface area (Å²) in [5.74, 6) is -0.828. The number of rotatable bonds is 8. The first-order chi connectivity index (χ1) is 15.6. The lowest BCUT2D eigenvalue weighted by Gasteiger charge is -2.33. The Balaban J connectivity index is 2.43. The largest absolute Gasteiger partial charge is 0.350 e. The van der Waals surface area contributed by atoms with Crippen LogP contribution in [0.1, 0.15) is 38.8 Å². The van der Waals surface area contributed by atoms with E-state index in [4.69, 9.17) is 11.6 Å². The zero-order valence-corrected chi connectivity index (χ0v) is 23.4. The van der Waals surface area contributed by atoms with Gasteiger partial charge in [-0.05, 0) is 76.1 Å². The highest BCUT2D eigenvalue weighted by Gasteiger charge is 2.31. The average Bonchev–Trinajstić information content (AvgIpc) is 2.69. The first-order valence-corrected chi connectivity index (χ1v) is 13.7. The SMILES string of the molecule is Cc1cc(Cl)ccc1N(CC(=O)N(Cc1ccc(Br)cc1)C(C)C(=O)NC(C)(C)C)S(C)(=O)=O. The molecule has 2 amide bonds. The number of benzene rings is 2. The summed E-state index contributed by atoms with van der Waals surface area (Å²) in [5.41, 5.74) is 1.29. The molecule has 2 aromatic rings. The number of nitrogens with one attached hydrogen (secondary N) is 1. The molecule has 2 rings (SSSR count). The molecule has 0 fully saturated rings. The quantitative estimate of drug-likeness (QED) is 0.504. The number of nitrogens with zero attached hydrogens (tertiary/aromatic N) is 2. The number of anilines is 1. The smallest absolute Gasteiger partial charge is 0.244 e. The second-order valence-corrected chi connectivity index (χ2v) is 12.5. The van der Waals surface area contributed by atoms with E-state index in [0.717, 1.165) is 20.6 Å². The van der Waals surface area contributed by atoms with E-state index in [9.17, 15) is 18.0 Å². The maximum Gasteiger partial charge on any atom is 0.244 e. The Morgan fingerprint density at radius 3 is 2.21 bits per heavy atom. The lowest BCUT2D eigenvalue weighted by Crippen LogP contribution is -2.54. The Morgan fingerprint density at radius 1 is 1.12 bits per heavy atom. The van der Waals surface area contributed by atoms with E-state index in [2.05, 4.69) is 21.2 Å². The van der Waals surface area contributed by atoms with E-state index < -0.39 is 34.1 Å². The predicted molar refractivity (Wildman–Crippen MR) is 140 cm³/mol. The molecular formula is C24H31BrClN3O4S. The van der Waals surface area contributed by atoms with E-state index in [0.29, 0.717) is 16.3 Å². The summed E-state index contributed by atoms with van der Waals surface area (Å²) in [6, 6.07) is 11.3. The number of amides is 2. The van der Waals surface area contributed by atoms with Crippen molar-refractivity contribution in [3.8, 4) is 0 Å². The molecule has 0 aliphatic carbocycles. The van der Waals surface area contributed by atoms with Gasteiger partial charge in [0.2, 0.25) is 21.8 Å². The fourth-order valence-electron chi connectivity index (χ4n) is 3.34. The highest BCUT2D eigenvalue weighted by Crippen LogP contribution is 2.26. The van der Waals surface area contributed by atoms with Crippen molar-refractivity contribution >= 4 is 55.1 Å².